The van der Waals surface area contributed by atoms with Gasteiger partial charge in [0.15, 0.2) is 0 Å². The van der Waals surface area contributed by atoms with Gasteiger partial charge < -0.3 is 14.2 Å². The highest BCUT2D eigenvalue weighted by molar-refractivity contribution is 9.10. The van der Waals surface area contributed by atoms with Crippen molar-refractivity contribution in [1.29, 1.82) is 0 Å². The highest BCUT2D eigenvalue weighted by Crippen LogP contribution is 2.34. The number of rotatable bonds is 23. The van der Waals surface area contributed by atoms with Gasteiger partial charge in [-0.3, -0.25) is 0 Å². The van der Waals surface area contributed by atoms with Crippen LogP contribution in [0.15, 0.2) is 46.9 Å². The summed E-state index contributed by atoms with van der Waals surface area (Å²) in [6.45, 7) is 5.98. The van der Waals surface area contributed by atoms with Crippen LogP contribution < -0.4 is 14.2 Å². The average Bonchev–Trinajstić information content (AvgIpc) is 3.03. The molecule has 0 N–H and O–H groups in total. The fourth-order valence-corrected chi connectivity index (χ4v) is 6.87. The molecule has 0 amide bonds. The Hall–Kier alpha value is -2.01. The molecule has 1 aliphatic carbocycles. The van der Waals surface area contributed by atoms with Crippen molar-refractivity contribution in [3.8, 4) is 17.2 Å². The highest BCUT2D eigenvalue weighted by atomic mass is 79.9. The van der Waals surface area contributed by atoms with Gasteiger partial charge in [0.2, 0.25) is 0 Å². The Balaban J connectivity index is 1.26. The molecule has 246 valence electrons. The number of unbranched alkanes of at least 4 members (excludes halogenated alkanes) is 11. The predicted molar refractivity (Wildman–Crippen MR) is 187 cm³/mol. The first-order valence-electron chi connectivity index (χ1n) is 18.0. The van der Waals surface area contributed by atoms with Crippen LogP contribution in [0.3, 0.4) is 0 Å². The van der Waals surface area contributed by atoms with Gasteiger partial charge in [-0.05, 0) is 89.5 Å². The SMILES string of the molecule is CCCCCCCCCCCCOc1ccc(C(=O)Oc2ccc(OCCCC3CCC(CCCCC)CC3)cc2)c(Br)c1. The molecule has 2 aromatic rings. The third-order valence-corrected chi connectivity index (χ3v) is 9.83. The van der Waals surface area contributed by atoms with Crippen LogP contribution in [0.4, 0.5) is 0 Å². The van der Waals surface area contributed by atoms with Crippen LogP contribution in [0.25, 0.3) is 0 Å². The van der Waals surface area contributed by atoms with Crippen LogP contribution in [0, 0.1) is 11.8 Å². The molecule has 44 heavy (non-hydrogen) atoms. The molecule has 0 bridgehead atoms. The summed E-state index contributed by atoms with van der Waals surface area (Å²) in [6, 6.07) is 12.8. The first-order valence-corrected chi connectivity index (χ1v) is 18.8. The fourth-order valence-electron chi connectivity index (χ4n) is 6.35. The lowest BCUT2D eigenvalue weighted by molar-refractivity contribution is 0.0733. The minimum absolute atomic E-state index is 0.396. The molecule has 0 spiro atoms. The minimum atomic E-state index is -0.396. The third-order valence-electron chi connectivity index (χ3n) is 9.17. The molecule has 1 fully saturated rings. The van der Waals surface area contributed by atoms with E-state index in [1.165, 1.54) is 116 Å². The van der Waals surface area contributed by atoms with Crippen LogP contribution in [0.5, 0.6) is 17.2 Å². The zero-order valence-corrected chi connectivity index (χ0v) is 29.3. The summed E-state index contributed by atoms with van der Waals surface area (Å²) >= 11 is 3.52. The molecular weight excluding hydrogens is 612 g/mol. The van der Waals surface area contributed by atoms with Crippen LogP contribution >= 0.6 is 15.9 Å². The van der Waals surface area contributed by atoms with E-state index in [4.69, 9.17) is 14.2 Å². The van der Waals surface area contributed by atoms with E-state index >= 15 is 0 Å². The Bertz CT molecular complexity index is 1030. The van der Waals surface area contributed by atoms with Crippen LogP contribution in [-0.2, 0) is 0 Å². The zero-order chi connectivity index (χ0) is 31.2. The van der Waals surface area contributed by atoms with Crippen molar-refractivity contribution in [2.24, 2.45) is 11.8 Å². The van der Waals surface area contributed by atoms with Crippen LogP contribution in [0.2, 0.25) is 0 Å². The zero-order valence-electron chi connectivity index (χ0n) is 27.8. The van der Waals surface area contributed by atoms with E-state index in [0.717, 1.165) is 42.8 Å². The number of hydrogen-bond donors (Lipinski definition) is 0. The van der Waals surface area contributed by atoms with Gasteiger partial charge in [-0.2, -0.15) is 0 Å². The molecule has 0 saturated heterocycles. The molecule has 4 nitrogen and oxygen atoms in total. The molecule has 0 unspecified atom stereocenters. The summed E-state index contributed by atoms with van der Waals surface area (Å²) < 4.78 is 18.2. The number of ether oxygens (including phenoxy) is 3. The van der Waals surface area contributed by atoms with Crippen molar-refractivity contribution < 1.29 is 19.0 Å². The Morgan fingerprint density at radius 3 is 1.70 bits per heavy atom. The van der Waals surface area contributed by atoms with Gasteiger partial charge in [-0.25, -0.2) is 4.79 Å². The van der Waals surface area contributed by atoms with E-state index in [2.05, 4.69) is 29.8 Å². The van der Waals surface area contributed by atoms with E-state index in [0.29, 0.717) is 22.4 Å². The fraction of sp³-hybridized carbons (Fsp3) is 0.667. The maximum Gasteiger partial charge on any atom is 0.344 e. The lowest BCUT2D eigenvalue weighted by Crippen LogP contribution is -2.15. The monoisotopic (exact) mass is 670 g/mol. The predicted octanol–water partition coefficient (Wildman–Crippen LogP) is 12.5. The molecule has 5 heteroatoms. The quantitative estimate of drug-likeness (QED) is 0.0670. The summed E-state index contributed by atoms with van der Waals surface area (Å²) in [5.41, 5.74) is 0.478. The van der Waals surface area contributed by atoms with Crippen molar-refractivity contribution in [1.82, 2.24) is 0 Å². The Morgan fingerprint density at radius 2 is 1.09 bits per heavy atom. The number of carbonyl (C=O) groups is 1. The van der Waals surface area contributed by atoms with Gasteiger partial charge in [-0.1, -0.05) is 123 Å². The van der Waals surface area contributed by atoms with E-state index < -0.39 is 5.97 Å². The second-order valence-electron chi connectivity index (χ2n) is 12.9. The lowest BCUT2D eigenvalue weighted by Gasteiger charge is -2.28. The van der Waals surface area contributed by atoms with Crippen LogP contribution in [-0.4, -0.2) is 19.2 Å². The van der Waals surface area contributed by atoms with E-state index in [1.807, 2.05) is 24.3 Å². The largest absolute Gasteiger partial charge is 0.494 e. The van der Waals surface area contributed by atoms with Gasteiger partial charge in [0.1, 0.15) is 17.2 Å². The summed E-state index contributed by atoms with van der Waals surface area (Å²) in [5, 5.41) is 0. The molecular formula is C39H59BrO4. The van der Waals surface area contributed by atoms with Crippen molar-refractivity contribution in [3.05, 3.63) is 52.5 Å². The molecule has 0 heterocycles. The standard InChI is InChI=1S/C39H59BrO4/c1-3-5-7-8-9-10-11-12-13-15-29-43-36-27-28-37(38(40)31-36)39(41)44-35-25-23-34(24-26-35)42-30-16-18-33-21-19-32(20-22-33)17-14-6-4-2/h23-28,31-33H,3-22,29-30H2,1-2H3. The van der Waals surface area contributed by atoms with Crippen molar-refractivity contribution in [2.75, 3.05) is 13.2 Å². The molecule has 0 aromatic heterocycles. The molecule has 0 atom stereocenters. The average molecular weight is 672 g/mol. The van der Waals surface area contributed by atoms with Gasteiger partial charge in [0.25, 0.3) is 0 Å². The van der Waals surface area contributed by atoms with Crippen molar-refractivity contribution in [3.63, 3.8) is 0 Å². The summed E-state index contributed by atoms with van der Waals surface area (Å²) in [6.07, 6.45) is 26.6. The minimum Gasteiger partial charge on any atom is -0.494 e. The molecule has 0 radical (unpaired) electrons. The van der Waals surface area contributed by atoms with Gasteiger partial charge in [0, 0.05) is 4.47 Å². The van der Waals surface area contributed by atoms with Crippen molar-refractivity contribution in [2.45, 2.75) is 142 Å². The van der Waals surface area contributed by atoms with Gasteiger partial charge in [0.05, 0.1) is 18.8 Å². The number of benzene rings is 2. The topological polar surface area (TPSA) is 44.8 Å². The van der Waals surface area contributed by atoms with Crippen molar-refractivity contribution >= 4 is 21.9 Å². The summed E-state index contributed by atoms with van der Waals surface area (Å²) in [4.78, 5) is 12.8. The van der Waals surface area contributed by atoms with Crippen LogP contribution in [0.1, 0.15) is 153 Å². The second-order valence-corrected chi connectivity index (χ2v) is 13.8. The normalized spacial score (nSPS) is 16.5. The van der Waals surface area contributed by atoms with E-state index in [9.17, 15) is 4.79 Å². The smallest absolute Gasteiger partial charge is 0.344 e. The summed E-state index contributed by atoms with van der Waals surface area (Å²) in [5.74, 6) is 3.53. The maximum atomic E-state index is 12.8. The molecule has 1 aliphatic rings. The Labute approximate surface area is 277 Å². The van der Waals surface area contributed by atoms with Gasteiger partial charge in [-0.15, -0.1) is 0 Å². The lowest BCUT2D eigenvalue weighted by atomic mass is 9.78. The first-order chi connectivity index (χ1) is 21.6. The Kier molecular flexibility index (Phi) is 18.6. The third kappa shape index (κ3) is 14.8. The van der Waals surface area contributed by atoms with Gasteiger partial charge >= 0.3 is 5.97 Å². The second kappa shape index (κ2) is 22.5. The summed E-state index contributed by atoms with van der Waals surface area (Å²) in [7, 11) is 0. The van der Waals surface area contributed by atoms with E-state index in [-0.39, 0.29) is 0 Å². The first kappa shape index (κ1) is 36.5. The maximum absolute atomic E-state index is 12.8. The number of esters is 1. The number of halogens is 1. The molecule has 3 rings (SSSR count). The van der Waals surface area contributed by atoms with E-state index in [1.54, 1.807) is 18.2 Å². The molecule has 2 aromatic carbocycles. The molecule has 0 aliphatic heterocycles. The molecule has 1 saturated carbocycles. The highest BCUT2D eigenvalue weighted by Gasteiger charge is 2.20. The number of hydrogen-bond acceptors (Lipinski definition) is 4. The Morgan fingerprint density at radius 1 is 0.614 bits per heavy atom. The number of carbonyl (C=O) groups excluding carboxylic acids is 1.